The number of amidine groups is 1. The number of hydrogen-bond acceptors (Lipinski definition) is 2. The van der Waals surface area contributed by atoms with Gasteiger partial charge in [-0.15, -0.1) is 0 Å². The summed E-state index contributed by atoms with van der Waals surface area (Å²) >= 11 is 0. The highest BCUT2D eigenvalue weighted by Crippen LogP contribution is 2.36. The fraction of sp³-hybridized carbons (Fsp3) is 0.933. The van der Waals surface area contributed by atoms with E-state index in [4.69, 9.17) is 11.1 Å². The first-order valence-corrected chi connectivity index (χ1v) is 7.59. The van der Waals surface area contributed by atoms with Crippen LogP contribution in [0, 0.1) is 16.7 Å². The maximum atomic E-state index is 7.66. The number of rotatable bonds is 4. The molecule has 3 N–H and O–H groups in total. The molecule has 2 fully saturated rings. The summed E-state index contributed by atoms with van der Waals surface area (Å²) in [6, 6.07) is 0.829. The summed E-state index contributed by atoms with van der Waals surface area (Å²) in [5, 5.41) is 7.66. The molecule has 0 aromatic rings. The van der Waals surface area contributed by atoms with E-state index >= 15 is 0 Å². The van der Waals surface area contributed by atoms with Crippen LogP contribution in [-0.4, -0.2) is 29.9 Å². The van der Waals surface area contributed by atoms with Gasteiger partial charge in [0.25, 0.3) is 0 Å². The molecule has 18 heavy (non-hydrogen) atoms. The Kier molecular flexibility index (Phi) is 4.31. The minimum absolute atomic E-state index is 0.137. The molecule has 1 saturated heterocycles. The van der Waals surface area contributed by atoms with E-state index in [1.807, 2.05) is 0 Å². The van der Waals surface area contributed by atoms with Gasteiger partial charge in [-0.25, -0.2) is 0 Å². The molecule has 1 aliphatic heterocycles. The minimum Gasteiger partial charge on any atom is -0.387 e. The van der Waals surface area contributed by atoms with E-state index in [2.05, 4.69) is 18.7 Å². The van der Waals surface area contributed by atoms with E-state index in [1.54, 1.807) is 0 Å². The maximum Gasteiger partial charge on any atom is 0.0963 e. The van der Waals surface area contributed by atoms with Crippen molar-refractivity contribution in [1.82, 2.24) is 4.90 Å². The molecule has 0 bridgehead atoms. The zero-order valence-corrected chi connectivity index (χ0v) is 12.0. The predicted octanol–water partition coefficient (Wildman–Crippen LogP) is 2.99. The summed E-state index contributed by atoms with van der Waals surface area (Å²) in [7, 11) is 0. The second kappa shape index (κ2) is 5.60. The average molecular weight is 251 g/mol. The van der Waals surface area contributed by atoms with Crippen molar-refractivity contribution in [3.63, 3.8) is 0 Å². The molecule has 1 aliphatic carbocycles. The van der Waals surface area contributed by atoms with Crippen molar-refractivity contribution in [3.05, 3.63) is 0 Å². The van der Waals surface area contributed by atoms with Gasteiger partial charge in [-0.1, -0.05) is 26.7 Å². The Morgan fingerprint density at radius 2 is 1.89 bits per heavy atom. The standard InChI is InChI=1S/C15H29N3/c1-15(2,14(16)17)9-11-18-10-5-7-12-6-3-4-8-13(12)18/h12-13H,3-11H2,1-2H3,(H3,16,17). The van der Waals surface area contributed by atoms with Crippen LogP contribution in [0.5, 0.6) is 0 Å². The van der Waals surface area contributed by atoms with E-state index < -0.39 is 0 Å². The summed E-state index contributed by atoms with van der Waals surface area (Å²) in [6.45, 7) is 6.57. The zero-order chi connectivity index (χ0) is 13.2. The van der Waals surface area contributed by atoms with Crippen LogP contribution in [0.2, 0.25) is 0 Å². The van der Waals surface area contributed by atoms with E-state index in [0.717, 1.165) is 24.9 Å². The molecule has 2 atom stereocenters. The van der Waals surface area contributed by atoms with E-state index in [-0.39, 0.29) is 5.41 Å². The number of nitrogens with zero attached hydrogens (tertiary/aromatic N) is 1. The predicted molar refractivity (Wildman–Crippen MR) is 76.9 cm³/mol. The summed E-state index contributed by atoms with van der Waals surface area (Å²) in [5.41, 5.74) is 5.55. The van der Waals surface area contributed by atoms with Crippen LogP contribution in [0.1, 0.15) is 58.8 Å². The first-order chi connectivity index (χ1) is 8.50. The monoisotopic (exact) mass is 251 g/mol. The van der Waals surface area contributed by atoms with Gasteiger partial charge in [0.15, 0.2) is 0 Å². The molecular weight excluding hydrogens is 222 g/mol. The highest BCUT2D eigenvalue weighted by molar-refractivity contribution is 5.82. The molecule has 0 amide bonds. The Hall–Kier alpha value is -0.570. The van der Waals surface area contributed by atoms with Gasteiger partial charge in [0.2, 0.25) is 0 Å². The normalized spacial score (nSPS) is 29.9. The van der Waals surface area contributed by atoms with Gasteiger partial charge < -0.3 is 10.6 Å². The van der Waals surface area contributed by atoms with Gasteiger partial charge in [0.05, 0.1) is 5.84 Å². The smallest absolute Gasteiger partial charge is 0.0963 e. The first kappa shape index (κ1) is 13.9. The van der Waals surface area contributed by atoms with Crippen LogP contribution in [0.25, 0.3) is 0 Å². The van der Waals surface area contributed by atoms with Gasteiger partial charge in [0, 0.05) is 11.5 Å². The van der Waals surface area contributed by atoms with Gasteiger partial charge >= 0.3 is 0 Å². The summed E-state index contributed by atoms with van der Waals surface area (Å²) in [5.74, 6) is 1.28. The Morgan fingerprint density at radius 1 is 1.22 bits per heavy atom. The highest BCUT2D eigenvalue weighted by atomic mass is 15.2. The molecule has 3 nitrogen and oxygen atoms in total. The number of nitrogens with one attached hydrogen (secondary N) is 1. The molecule has 0 aromatic heterocycles. The van der Waals surface area contributed by atoms with Crippen LogP contribution in [-0.2, 0) is 0 Å². The van der Waals surface area contributed by atoms with Crippen molar-refractivity contribution in [1.29, 1.82) is 5.41 Å². The highest BCUT2D eigenvalue weighted by Gasteiger charge is 2.34. The molecule has 0 aromatic carbocycles. The van der Waals surface area contributed by atoms with Crippen LogP contribution in [0.15, 0.2) is 0 Å². The lowest BCUT2D eigenvalue weighted by atomic mass is 9.78. The third kappa shape index (κ3) is 3.05. The number of nitrogens with two attached hydrogens (primary N) is 1. The Labute approximate surface area is 112 Å². The van der Waals surface area contributed by atoms with Crippen molar-refractivity contribution < 1.29 is 0 Å². The number of fused-ring (bicyclic) bond motifs is 1. The van der Waals surface area contributed by atoms with Crippen LogP contribution >= 0.6 is 0 Å². The van der Waals surface area contributed by atoms with Crippen molar-refractivity contribution in [2.45, 2.75) is 64.8 Å². The van der Waals surface area contributed by atoms with Crippen LogP contribution in [0.3, 0.4) is 0 Å². The SMILES string of the molecule is CC(C)(CCN1CCCC2CCCCC21)C(=N)N. The Morgan fingerprint density at radius 3 is 2.61 bits per heavy atom. The van der Waals surface area contributed by atoms with Gasteiger partial charge in [-0.05, 0) is 51.1 Å². The quantitative estimate of drug-likeness (QED) is 0.596. The fourth-order valence-corrected chi connectivity index (χ4v) is 3.56. The lowest BCUT2D eigenvalue weighted by molar-refractivity contribution is 0.0551. The summed E-state index contributed by atoms with van der Waals surface area (Å²) < 4.78 is 0. The minimum atomic E-state index is -0.137. The van der Waals surface area contributed by atoms with E-state index in [0.29, 0.717) is 5.84 Å². The second-order valence-corrected chi connectivity index (χ2v) is 6.84. The zero-order valence-electron chi connectivity index (χ0n) is 12.0. The molecule has 1 heterocycles. The molecule has 3 heteroatoms. The lowest BCUT2D eigenvalue weighted by Crippen LogP contribution is -2.48. The largest absolute Gasteiger partial charge is 0.387 e. The van der Waals surface area contributed by atoms with Gasteiger partial charge in [-0.2, -0.15) is 0 Å². The Balaban J connectivity index is 1.90. The van der Waals surface area contributed by atoms with Crippen molar-refractivity contribution in [3.8, 4) is 0 Å². The van der Waals surface area contributed by atoms with E-state index in [9.17, 15) is 0 Å². The lowest BCUT2D eigenvalue weighted by Gasteiger charge is -2.45. The number of piperidine rings is 1. The summed E-state index contributed by atoms with van der Waals surface area (Å²) in [6.07, 6.45) is 9.51. The van der Waals surface area contributed by atoms with Crippen LogP contribution in [0.4, 0.5) is 0 Å². The molecule has 2 rings (SSSR count). The van der Waals surface area contributed by atoms with Crippen molar-refractivity contribution >= 4 is 5.84 Å². The third-order valence-corrected chi connectivity index (χ3v) is 5.11. The molecule has 2 aliphatic rings. The maximum absolute atomic E-state index is 7.66. The van der Waals surface area contributed by atoms with Gasteiger partial charge in [0.1, 0.15) is 0 Å². The molecule has 0 spiro atoms. The molecule has 1 saturated carbocycles. The molecule has 2 unspecified atom stereocenters. The van der Waals surface area contributed by atoms with Crippen molar-refractivity contribution in [2.75, 3.05) is 13.1 Å². The fourth-order valence-electron chi connectivity index (χ4n) is 3.56. The number of hydrogen-bond donors (Lipinski definition) is 2. The third-order valence-electron chi connectivity index (χ3n) is 5.11. The molecule has 104 valence electrons. The van der Waals surface area contributed by atoms with Crippen molar-refractivity contribution in [2.24, 2.45) is 17.1 Å². The number of likely N-dealkylation sites (tertiary alicyclic amines) is 1. The van der Waals surface area contributed by atoms with E-state index in [1.165, 1.54) is 45.1 Å². The Bertz CT molecular complexity index is 296. The second-order valence-electron chi connectivity index (χ2n) is 6.84. The topological polar surface area (TPSA) is 53.1 Å². The molecule has 0 radical (unpaired) electrons. The van der Waals surface area contributed by atoms with Crippen LogP contribution < -0.4 is 5.73 Å². The average Bonchev–Trinajstić information content (AvgIpc) is 2.36. The molecular formula is C15H29N3. The summed E-state index contributed by atoms with van der Waals surface area (Å²) in [4.78, 5) is 2.69. The first-order valence-electron chi connectivity index (χ1n) is 7.59. The van der Waals surface area contributed by atoms with Gasteiger partial charge in [-0.3, -0.25) is 5.41 Å².